The third-order valence-electron chi connectivity index (χ3n) is 6.68. The predicted molar refractivity (Wildman–Crippen MR) is 148 cm³/mol. The second kappa shape index (κ2) is 9.67. The molecule has 1 aromatic carbocycles. The lowest BCUT2D eigenvalue weighted by Gasteiger charge is -2.41. The summed E-state index contributed by atoms with van der Waals surface area (Å²) in [5, 5.41) is 4.91. The standard InChI is InChI=1S/C27H33N7O4S/c1-18-7-9-21(10-8-18)39(36,37)34-16-22(20-13-30-31(6)15-20)23-24(28-17-29-25(23)34)33-12-11-32(14-19(33)2)26(35)38-27(3,4)5/h7-10,13,15-17,19H,11-12,14H2,1-6H3/t19-/m0/s1. The van der Waals surface area contributed by atoms with E-state index in [1.54, 1.807) is 53.3 Å². The zero-order valence-corrected chi connectivity index (χ0v) is 23.8. The molecule has 0 N–H and O–H groups in total. The highest BCUT2D eigenvalue weighted by atomic mass is 32.2. The molecule has 1 saturated heterocycles. The number of piperazine rings is 1. The Balaban J connectivity index is 1.61. The smallest absolute Gasteiger partial charge is 0.410 e. The molecule has 1 aliphatic heterocycles. The van der Waals surface area contributed by atoms with Gasteiger partial charge in [0.1, 0.15) is 17.7 Å². The van der Waals surface area contributed by atoms with Crippen LogP contribution in [-0.4, -0.2) is 74.4 Å². The molecule has 1 atom stereocenters. The van der Waals surface area contributed by atoms with Crippen LogP contribution in [0.25, 0.3) is 22.2 Å². The van der Waals surface area contributed by atoms with Crippen molar-refractivity contribution in [1.29, 1.82) is 0 Å². The van der Waals surface area contributed by atoms with Gasteiger partial charge in [-0.1, -0.05) is 17.7 Å². The maximum Gasteiger partial charge on any atom is 0.410 e. The molecule has 1 aliphatic rings. The van der Waals surface area contributed by atoms with Crippen molar-refractivity contribution in [1.82, 2.24) is 28.6 Å². The minimum atomic E-state index is -3.95. The molecule has 0 saturated carbocycles. The number of nitrogens with zero attached hydrogens (tertiary/aromatic N) is 7. The highest BCUT2D eigenvalue weighted by Crippen LogP contribution is 2.38. The van der Waals surface area contributed by atoms with E-state index in [9.17, 15) is 13.2 Å². The van der Waals surface area contributed by atoms with E-state index in [1.807, 2.05) is 40.8 Å². The topological polar surface area (TPSA) is 115 Å². The first-order chi connectivity index (χ1) is 18.3. The fourth-order valence-electron chi connectivity index (χ4n) is 4.79. The number of aryl methyl sites for hydroxylation is 2. The van der Waals surface area contributed by atoms with Crippen LogP contribution in [0.4, 0.5) is 10.6 Å². The predicted octanol–water partition coefficient (Wildman–Crippen LogP) is 3.82. The lowest BCUT2D eigenvalue weighted by Crippen LogP contribution is -2.54. The summed E-state index contributed by atoms with van der Waals surface area (Å²) in [6, 6.07) is 6.63. The molecule has 1 fully saturated rings. The van der Waals surface area contributed by atoms with Gasteiger partial charge < -0.3 is 14.5 Å². The van der Waals surface area contributed by atoms with E-state index in [2.05, 4.69) is 20.0 Å². The lowest BCUT2D eigenvalue weighted by molar-refractivity contribution is 0.0218. The summed E-state index contributed by atoms with van der Waals surface area (Å²) in [5.41, 5.74) is 2.07. The van der Waals surface area contributed by atoms with Crippen molar-refractivity contribution in [3.05, 3.63) is 54.7 Å². The molecule has 4 aromatic rings. The molecule has 5 rings (SSSR count). The number of fused-ring (bicyclic) bond motifs is 1. The molecule has 4 heterocycles. The van der Waals surface area contributed by atoms with Crippen LogP contribution in [-0.2, 0) is 21.8 Å². The average Bonchev–Trinajstić information content (AvgIpc) is 3.47. The van der Waals surface area contributed by atoms with Gasteiger partial charge in [-0.3, -0.25) is 4.68 Å². The van der Waals surface area contributed by atoms with Crippen molar-refractivity contribution in [2.24, 2.45) is 7.05 Å². The second-order valence-electron chi connectivity index (χ2n) is 10.9. The highest BCUT2D eigenvalue weighted by molar-refractivity contribution is 7.90. The minimum Gasteiger partial charge on any atom is -0.444 e. The van der Waals surface area contributed by atoms with Gasteiger partial charge in [0.05, 0.1) is 16.5 Å². The third kappa shape index (κ3) is 5.08. The van der Waals surface area contributed by atoms with Crippen LogP contribution in [0.1, 0.15) is 33.3 Å². The van der Waals surface area contributed by atoms with Crippen molar-refractivity contribution in [2.45, 2.75) is 51.2 Å². The van der Waals surface area contributed by atoms with Gasteiger partial charge in [-0.25, -0.2) is 27.2 Å². The largest absolute Gasteiger partial charge is 0.444 e. The zero-order chi connectivity index (χ0) is 28.1. The Morgan fingerprint density at radius 3 is 2.41 bits per heavy atom. The fourth-order valence-corrected chi connectivity index (χ4v) is 6.10. The normalized spacial score (nSPS) is 16.6. The molecular formula is C27H33N7O4S. The van der Waals surface area contributed by atoms with Crippen LogP contribution < -0.4 is 4.90 Å². The molecule has 0 spiro atoms. The molecule has 3 aromatic heterocycles. The van der Waals surface area contributed by atoms with Gasteiger partial charge in [0, 0.05) is 56.2 Å². The van der Waals surface area contributed by atoms with Crippen LogP contribution in [0, 0.1) is 6.92 Å². The van der Waals surface area contributed by atoms with Gasteiger partial charge in [0.15, 0.2) is 5.65 Å². The van der Waals surface area contributed by atoms with E-state index in [1.165, 1.54) is 10.3 Å². The summed E-state index contributed by atoms with van der Waals surface area (Å²) < 4.78 is 36.1. The van der Waals surface area contributed by atoms with Gasteiger partial charge in [-0.2, -0.15) is 5.10 Å². The number of amides is 1. The summed E-state index contributed by atoms with van der Waals surface area (Å²) in [5.74, 6) is 0.605. The molecule has 11 nitrogen and oxygen atoms in total. The van der Waals surface area contributed by atoms with Crippen molar-refractivity contribution in [3.8, 4) is 11.1 Å². The van der Waals surface area contributed by atoms with Gasteiger partial charge in [0.25, 0.3) is 10.0 Å². The average molecular weight is 552 g/mol. The maximum atomic E-state index is 13.8. The summed E-state index contributed by atoms with van der Waals surface area (Å²) in [6.45, 7) is 10.8. The zero-order valence-electron chi connectivity index (χ0n) is 23.0. The molecule has 0 unspecified atom stereocenters. The number of ether oxygens (including phenoxy) is 1. The van der Waals surface area contributed by atoms with Crippen LogP contribution in [0.2, 0.25) is 0 Å². The number of aromatic nitrogens is 5. The molecule has 0 bridgehead atoms. The maximum absolute atomic E-state index is 13.8. The van der Waals surface area contributed by atoms with Crippen molar-refractivity contribution in [3.63, 3.8) is 0 Å². The Labute approximate surface area is 228 Å². The first kappa shape index (κ1) is 26.7. The summed E-state index contributed by atoms with van der Waals surface area (Å²) >= 11 is 0. The van der Waals surface area contributed by atoms with Crippen molar-refractivity contribution < 1.29 is 17.9 Å². The molecule has 206 valence electrons. The molecular weight excluding hydrogens is 518 g/mol. The lowest BCUT2D eigenvalue weighted by atomic mass is 10.1. The Morgan fingerprint density at radius 2 is 1.79 bits per heavy atom. The van der Waals surface area contributed by atoms with E-state index in [-0.39, 0.29) is 22.7 Å². The SMILES string of the molecule is Cc1ccc(S(=O)(=O)n2cc(-c3cnn(C)c3)c3c(N4CCN(C(=O)OC(C)(C)C)C[C@@H]4C)ncnc32)cc1. The minimum absolute atomic E-state index is 0.108. The quantitative estimate of drug-likeness (QED) is 0.376. The highest BCUT2D eigenvalue weighted by Gasteiger charge is 2.33. The second-order valence-corrected chi connectivity index (χ2v) is 12.7. The number of hydrogen-bond donors (Lipinski definition) is 0. The number of rotatable bonds is 4. The molecule has 12 heteroatoms. The Morgan fingerprint density at radius 1 is 1.08 bits per heavy atom. The van der Waals surface area contributed by atoms with Gasteiger partial charge in [0.2, 0.25) is 0 Å². The van der Waals surface area contributed by atoms with E-state index in [0.29, 0.717) is 36.4 Å². The van der Waals surface area contributed by atoms with Crippen LogP contribution >= 0.6 is 0 Å². The van der Waals surface area contributed by atoms with Crippen molar-refractivity contribution in [2.75, 3.05) is 24.5 Å². The van der Waals surface area contributed by atoms with Crippen molar-refractivity contribution >= 4 is 33.0 Å². The Bertz CT molecular complexity index is 1630. The summed E-state index contributed by atoms with van der Waals surface area (Å²) in [7, 11) is -2.14. The van der Waals surface area contributed by atoms with Crippen LogP contribution in [0.15, 0.2) is 54.1 Å². The van der Waals surface area contributed by atoms with E-state index >= 15 is 0 Å². The number of hydrogen-bond acceptors (Lipinski definition) is 8. The number of carbonyl (C=O) groups excluding carboxylic acids is 1. The summed E-state index contributed by atoms with van der Waals surface area (Å²) in [6.07, 6.45) is 6.15. The van der Waals surface area contributed by atoms with Crippen LogP contribution in [0.3, 0.4) is 0 Å². The summed E-state index contributed by atoms with van der Waals surface area (Å²) in [4.78, 5) is 25.7. The van der Waals surface area contributed by atoms with Crippen LogP contribution in [0.5, 0.6) is 0 Å². The van der Waals surface area contributed by atoms with E-state index in [4.69, 9.17) is 4.74 Å². The number of anilines is 1. The molecule has 0 radical (unpaired) electrons. The molecule has 0 aliphatic carbocycles. The molecule has 39 heavy (non-hydrogen) atoms. The van der Waals surface area contributed by atoms with E-state index < -0.39 is 15.6 Å². The van der Waals surface area contributed by atoms with Gasteiger partial charge in [-0.05, 0) is 46.8 Å². The monoisotopic (exact) mass is 551 g/mol. The molecule has 1 amide bonds. The van der Waals surface area contributed by atoms with Gasteiger partial charge in [-0.15, -0.1) is 0 Å². The fraction of sp³-hybridized carbons (Fsp3) is 0.407. The third-order valence-corrected chi connectivity index (χ3v) is 8.34. The number of benzene rings is 1. The van der Waals surface area contributed by atoms with E-state index in [0.717, 1.165) is 11.1 Å². The first-order valence-electron chi connectivity index (χ1n) is 12.8. The number of carbonyl (C=O) groups is 1. The van der Waals surface area contributed by atoms with Gasteiger partial charge >= 0.3 is 6.09 Å². The first-order valence-corrected chi connectivity index (χ1v) is 14.2. The Kier molecular flexibility index (Phi) is 6.61. The Hall–Kier alpha value is -3.93.